The van der Waals surface area contributed by atoms with Crippen LogP contribution in [-0.4, -0.2) is 72.2 Å². The van der Waals surface area contributed by atoms with Gasteiger partial charge in [-0.05, 0) is 51.9 Å². The number of rotatable bonds is 8. The molecule has 2 aliphatic rings. The molecule has 2 fully saturated rings. The molecule has 3 rings (SSSR count). The fraction of sp³-hybridized carbons (Fsp3) is 0.727. The second-order valence-electron chi connectivity index (χ2n) is 8.29. The van der Waals surface area contributed by atoms with E-state index in [9.17, 15) is 9.59 Å². The number of likely N-dealkylation sites (tertiary alicyclic amines) is 1. The van der Waals surface area contributed by atoms with Gasteiger partial charge in [0.05, 0.1) is 6.61 Å². The van der Waals surface area contributed by atoms with E-state index in [1.807, 2.05) is 13.0 Å². The van der Waals surface area contributed by atoms with E-state index >= 15 is 0 Å². The molecule has 2 saturated heterocycles. The second kappa shape index (κ2) is 11.7. The average molecular weight is 433 g/mol. The van der Waals surface area contributed by atoms with Gasteiger partial charge in [-0.25, -0.2) is 14.8 Å². The van der Waals surface area contributed by atoms with Gasteiger partial charge < -0.3 is 25.2 Å². The summed E-state index contributed by atoms with van der Waals surface area (Å²) in [7, 11) is 0. The number of anilines is 2. The first-order chi connectivity index (χ1) is 15.1. The van der Waals surface area contributed by atoms with Crippen molar-refractivity contribution in [2.24, 2.45) is 5.92 Å². The molecule has 2 amide bonds. The molecule has 1 aromatic rings. The molecule has 0 saturated carbocycles. The minimum absolute atomic E-state index is 0.128. The van der Waals surface area contributed by atoms with Crippen LogP contribution in [0, 0.1) is 5.92 Å². The van der Waals surface area contributed by atoms with Gasteiger partial charge in [0, 0.05) is 51.3 Å². The molecule has 2 aliphatic heterocycles. The number of hydrogen-bond acceptors (Lipinski definition) is 7. The summed E-state index contributed by atoms with van der Waals surface area (Å²) in [6.07, 6.45) is 6.58. The molecule has 2 N–H and O–H groups in total. The molecule has 0 aliphatic carbocycles. The molecule has 0 unspecified atom stereocenters. The van der Waals surface area contributed by atoms with E-state index < -0.39 is 0 Å². The van der Waals surface area contributed by atoms with Crippen LogP contribution in [0.2, 0.25) is 0 Å². The van der Waals surface area contributed by atoms with E-state index in [1.54, 1.807) is 11.2 Å². The summed E-state index contributed by atoms with van der Waals surface area (Å²) in [4.78, 5) is 36.8. The first-order valence-electron chi connectivity index (χ1n) is 11.6. The number of carbonyl (C=O) groups excluding carboxylic acids is 2. The standard InChI is InChI=1S/C22H36N6O3/c1-3-23-19-15-20(25-16-24-19)27-11-7-17(8-12-27)5-6-21(29)26-18-9-13-28(14-10-18)22(30)31-4-2/h15-18H,3-14H2,1-2H3,(H,26,29)(H,23,24,25). The summed E-state index contributed by atoms with van der Waals surface area (Å²) in [6.45, 7) is 8.29. The topological polar surface area (TPSA) is 99.7 Å². The van der Waals surface area contributed by atoms with E-state index in [2.05, 4.69) is 32.4 Å². The maximum Gasteiger partial charge on any atom is 0.409 e. The SMILES string of the molecule is CCNc1cc(N2CCC(CCC(=O)NC3CCN(C(=O)OCC)CC3)CC2)ncn1. The number of nitrogens with zero attached hydrogens (tertiary/aromatic N) is 4. The fourth-order valence-electron chi connectivity index (χ4n) is 4.30. The van der Waals surface area contributed by atoms with Gasteiger partial charge in [-0.3, -0.25) is 4.79 Å². The van der Waals surface area contributed by atoms with Crippen LogP contribution in [0.3, 0.4) is 0 Å². The first kappa shape index (κ1) is 23.1. The molecular weight excluding hydrogens is 396 g/mol. The highest BCUT2D eigenvalue weighted by atomic mass is 16.6. The van der Waals surface area contributed by atoms with Gasteiger partial charge in [-0.1, -0.05) is 0 Å². The van der Waals surface area contributed by atoms with Crippen molar-refractivity contribution in [2.75, 3.05) is 49.5 Å². The van der Waals surface area contributed by atoms with Gasteiger partial charge in [-0.2, -0.15) is 0 Å². The minimum atomic E-state index is -0.251. The van der Waals surface area contributed by atoms with E-state index in [4.69, 9.17) is 4.74 Å². The lowest BCUT2D eigenvalue weighted by Crippen LogP contribution is -2.46. The Labute approximate surface area is 184 Å². The fourth-order valence-corrected chi connectivity index (χ4v) is 4.30. The largest absolute Gasteiger partial charge is 0.450 e. The predicted octanol–water partition coefficient (Wildman–Crippen LogP) is 2.64. The normalized spacial score (nSPS) is 18.0. The Balaban J connectivity index is 1.33. The number of nitrogens with one attached hydrogen (secondary N) is 2. The van der Waals surface area contributed by atoms with Crippen LogP contribution in [-0.2, 0) is 9.53 Å². The highest BCUT2D eigenvalue weighted by Gasteiger charge is 2.25. The van der Waals surface area contributed by atoms with Crippen molar-refractivity contribution in [1.82, 2.24) is 20.2 Å². The number of carbonyl (C=O) groups is 2. The van der Waals surface area contributed by atoms with Gasteiger partial charge in [0.1, 0.15) is 18.0 Å². The van der Waals surface area contributed by atoms with Crippen LogP contribution < -0.4 is 15.5 Å². The monoisotopic (exact) mass is 432 g/mol. The van der Waals surface area contributed by atoms with E-state index in [-0.39, 0.29) is 18.0 Å². The van der Waals surface area contributed by atoms with Crippen LogP contribution in [0.25, 0.3) is 0 Å². The van der Waals surface area contributed by atoms with Crippen molar-refractivity contribution in [1.29, 1.82) is 0 Å². The van der Waals surface area contributed by atoms with Crippen LogP contribution in [0.15, 0.2) is 12.4 Å². The Morgan fingerprint density at radius 3 is 2.52 bits per heavy atom. The lowest BCUT2D eigenvalue weighted by molar-refractivity contribution is -0.122. The van der Waals surface area contributed by atoms with Gasteiger partial charge in [0.25, 0.3) is 0 Å². The van der Waals surface area contributed by atoms with E-state index in [0.717, 1.165) is 63.4 Å². The molecule has 0 atom stereocenters. The highest BCUT2D eigenvalue weighted by molar-refractivity contribution is 5.76. The molecule has 0 spiro atoms. The average Bonchev–Trinajstić information content (AvgIpc) is 2.79. The van der Waals surface area contributed by atoms with E-state index in [1.165, 1.54) is 0 Å². The van der Waals surface area contributed by atoms with Crippen molar-refractivity contribution in [2.45, 2.75) is 58.4 Å². The van der Waals surface area contributed by atoms with Crippen molar-refractivity contribution < 1.29 is 14.3 Å². The summed E-state index contributed by atoms with van der Waals surface area (Å²) in [5.74, 6) is 2.53. The molecule has 0 radical (unpaired) electrons. The number of amides is 2. The van der Waals surface area contributed by atoms with Crippen LogP contribution >= 0.6 is 0 Å². The van der Waals surface area contributed by atoms with Crippen molar-refractivity contribution >= 4 is 23.6 Å². The Hall–Kier alpha value is -2.58. The molecule has 0 bridgehead atoms. The van der Waals surface area contributed by atoms with Gasteiger partial charge in [0.15, 0.2) is 0 Å². The van der Waals surface area contributed by atoms with Gasteiger partial charge in [-0.15, -0.1) is 0 Å². The minimum Gasteiger partial charge on any atom is -0.450 e. The highest BCUT2D eigenvalue weighted by Crippen LogP contribution is 2.25. The molecule has 0 aromatic carbocycles. The number of ether oxygens (including phenoxy) is 1. The third kappa shape index (κ3) is 6.97. The van der Waals surface area contributed by atoms with Crippen molar-refractivity contribution in [3.63, 3.8) is 0 Å². The maximum absolute atomic E-state index is 12.4. The summed E-state index contributed by atoms with van der Waals surface area (Å²) in [6, 6.07) is 2.16. The van der Waals surface area contributed by atoms with E-state index in [0.29, 0.717) is 32.0 Å². The number of piperidine rings is 2. The lowest BCUT2D eigenvalue weighted by atomic mass is 9.92. The predicted molar refractivity (Wildman–Crippen MR) is 120 cm³/mol. The molecule has 31 heavy (non-hydrogen) atoms. The molecular formula is C22H36N6O3. The molecule has 3 heterocycles. The van der Waals surface area contributed by atoms with Crippen LogP contribution in [0.1, 0.15) is 52.4 Å². The summed E-state index contributed by atoms with van der Waals surface area (Å²) >= 11 is 0. The van der Waals surface area contributed by atoms with Crippen molar-refractivity contribution in [3.8, 4) is 0 Å². The zero-order valence-corrected chi connectivity index (χ0v) is 18.8. The second-order valence-corrected chi connectivity index (χ2v) is 8.29. The van der Waals surface area contributed by atoms with Gasteiger partial charge in [0.2, 0.25) is 5.91 Å². The quantitative estimate of drug-likeness (QED) is 0.651. The smallest absolute Gasteiger partial charge is 0.409 e. The lowest BCUT2D eigenvalue weighted by Gasteiger charge is -2.33. The number of aromatic nitrogens is 2. The van der Waals surface area contributed by atoms with Crippen LogP contribution in [0.5, 0.6) is 0 Å². The molecule has 9 nitrogen and oxygen atoms in total. The molecule has 1 aromatic heterocycles. The third-order valence-corrected chi connectivity index (χ3v) is 6.11. The summed E-state index contributed by atoms with van der Waals surface area (Å²) < 4.78 is 5.04. The van der Waals surface area contributed by atoms with Crippen molar-refractivity contribution in [3.05, 3.63) is 12.4 Å². The maximum atomic E-state index is 12.4. The first-order valence-corrected chi connectivity index (χ1v) is 11.6. The van der Waals surface area contributed by atoms with Crippen LogP contribution in [0.4, 0.5) is 16.4 Å². The number of hydrogen-bond donors (Lipinski definition) is 2. The Kier molecular flexibility index (Phi) is 8.73. The Bertz CT molecular complexity index is 715. The zero-order chi connectivity index (χ0) is 22.1. The summed E-state index contributed by atoms with van der Waals surface area (Å²) in [5, 5.41) is 6.38. The Morgan fingerprint density at radius 2 is 1.84 bits per heavy atom. The summed E-state index contributed by atoms with van der Waals surface area (Å²) in [5.41, 5.74) is 0. The van der Waals surface area contributed by atoms with Gasteiger partial charge >= 0.3 is 6.09 Å². The molecule has 9 heteroatoms. The zero-order valence-electron chi connectivity index (χ0n) is 18.8. The third-order valence-electron chi connectivity index (χ3n) is 6.11. The molecule has 172 valence electrons. The Morgan fingerprint density at radius 1 is 1.10 bits per heavy atom.